The average Bonchev–Trinajstić information content (AvgIpc) is 3.49. The highest BCUT2D eigenvalue weighted by molar-refractivity contribution is 6.08. The molecule has 0 aliphatic carbocycles. The predicted molar refractivity (Wildman–Crippen MR) is 120 cm³/mol. The van der Waals surface area contributed by atoms with Crippen molar-refractivity contribution < 1.29 is 18.8 Å². The summed E-state index contributed by atoms with van der Waals surface area (Å²) in [5.41, 5.74) is 7.83. The number of aromatic nitrogens is 6. The number of rotatable bonds is 0. The molecule has 34 heavy (non-hydrogen) atoms. The van der Waals surface area contributed by atoms with Crippen LogP contribution in [0.15, 0.2) is 67.0 Å². The molecule has 0 saturated heterocycles. The summed E-state index contributed by atoms with van der Waals surface area (Å²) in [6.45, 7) is 2.03. The highest BCUT2D eigenvalue weighted by Gasteiger charge is 2.72. The van der Waals surface area contributed by atoms with Gasteiger partial charge in [-0.2, -0.15) is 4.57 Å². The Morgan fingerprint density at radius 2 is 1.91 bits per heavy atom. The third-order valence-electron chi connectivity index (χ3n) is 7.41. The minimum atomic E-state index is 0.166. The van der Waals surface area contributed by atoms with Gasteiger partial charge in [-0.05, 0) is 43.3 Å². The molecule has 4 aliphatic heterocycles. The number of hydrogen-bond donors (Lipinski definition) is 0. The monoisotopic (exact) mass is 444 g/mol. The average molecular weight is 444 g/mol. The van der Waals surface area contributed by atoms with E-state index in [1.165, 1.54) is 0 Å². The molecule has 1 unspecified atom stereocenters. The quantitative estimate of drug-likeness (QED) is 0.266. The van der Waals surface area contributed by atoms with E-state index < -0.39 is 0 Å². The van der Waals surface area contributed by atoms with Gasteiger partial charge >= 0.3 is 22.9 Å². The fourth-order valence-electron chi connectivity index (χ4n) is 6.31. The second-order valence-electron chi connectivity index (χ2n) is 9.08. The molecule has 6 aromatic rings. The Morgan fingerprint density at radius 3 is 2.88 bits per heavy atom. The van der Waals surface area contributed by atoms with Crippen LogP contribution in [0.25, 0.3) is 39.1 Å². The van der Waals surface area contributed by atoms with Crippen molar-refractivity contribution in [3.63, 3.8) is 0 Å². The third-order valence-corrected chi connectivity index (χ3v) is 7.41. The Bertz CT molecular complexity index is 2000. The van der Waals surface area contributed by atoms with Crippen LogP contribution < -0.4 is 23.6 Å². The van der Waals surface area contributed by atoms with Crippen molar-refractivity contribution in [2.24, 2.45) is 0 Å². The van der Waals surface area contributed by atoms with E-state index in [0.717, 1.165) is 73.7 Å². The van der Waals surface area contributed by atoms with E-state index in [0.29, 0.717) is 0 Å². The van der Waals surface area contributed by atoms with Crippen LogP contribution in [0.4, 0.5) is 5.69 Å². The van der Waals surface area contributed by atoms with E-state index in [1.807, 2.05) is 43.5 Å². The van der Waals surface area contributed by atoms with Crippen LogP contribution in [-0.2, 0) is 0 Å². The van der Waals surface area contributed by atoms with E-state index in [2.05, 4.69) is 49.2 Å². The van der Waals surface area contributed by atoms with E-state index in [1.54, 1.807) is 0 Å². The number of fused-ring (bicyclic) bond motifs is 3. The molecule has 0 bridgehead atoms. The zero-order valence-electron chi connectivity index (χ0n) is 17.8. The normalized spacial score (nSPS) is 18.7. The number of nitrogens with zero attached hydrogens (tertiary/aromatic N) is 7. The second-order valence-corrected chi connectivity index (χ2v) is 9.08. The largest absolute Gasteiger partial charge is 0.448 e. The maximum absolute atomic E-state index is 6.52. The minimum absolute atomic E-state index is 0.166. The van der Waals surface area contributed by atoms with E-state index in [9.17, 15) is 0 Å². The number of quaternary nitrogens is 1. The molecule has 9 heteroatoms. The summed E-state index contributed by atoms with van der Waals surface area (Å²) in [6.07, 6.45) is 3.93. The molecule has 0 N–H and O–H groups in total. The Labute approximate surface area is 191 Å². The lowest BCUT2D eigenvalue weighted by Crippen LogP contribution is -2.88. The van der Waals surface area contributed by atoms with Gasteiger partial charge < -0.3 is 9.47 Å². The molecule has 9 nitrogen and oxygen atoms in total. The van der Waals surface area contributed by atoms with Gasteiger partial charge in [0, 0.05) is 27.8 Å². The summed E-state index contributed by atoms with van der Waals surface area (Å²) in [6, 6.07) is 18.4. The molecule has 0 fully saturated rings. The molecule has 5 aromatic heterocycles. The summed E-state index contributed by atoms with van der Waals surface area (Å²) >= 11 is 0. The molecule has 1 atom stereocenters. The Balaban J connectivity index is 1.59. The van der Waals surface area contributed by atoms with Gasteiger partial charge in [0.1, 0.15) is 15.6 Å². The van der Waals surface area contributed by atoms with Gasteiger partial charge in [-0.25, -0.2) is 0 Å². The molecule has 4 aliphatic rings. The van der Waals surface area contributed by atoms with E-state index in [-0.39, 0.29) is 4.81 Å². The number of aryl methyl sites for hydroxylation is 1. The SMILES string of the molecule is Cc1cc2n(n1)[N+]13c4c(ccc5c4-n4c6c(ccnc6c6ccc[n+]1c64)O5)Oc1cccc-2[n+]13. The van der Waals surface area contributed by atoms with Crippen LogP contribution >= 0.6 is 0 Å². The van der Waals surface area contributed by atoms with Crippen LogP contribution in [0, 0.1) is 6.92 Å². The lowest BCUT2D eigenvalue weighted by molar-refractivity contribution is -1.05. The van der Waals surface area contributed by atoms with Gasteiger partial charge in [-0.15, -0.1) is 5.10 Å². The second kappa shape index (κ2) is 4.63. The zero-order chi connectivity index (χ0) is 21.9. The third kappa shape index (κ3) is 1.34. The minimum Gasteiger partial charge on any atom is -0.448 e. The summed E-state index contributed by atoms with van der Waals surface area (Å²) < 4.78 is 19.7. The molecule has 1 spiro atoms. The Kier molecular flexibility index (Phi) is 2.17. The number of ether oxygens (including phenoxy) is 2. The molecule has 0 saturated carbocycles. The summed E-state index contributed by atoms with van der Waals surface area (Å²) in [4.78, 5) is 7.02. The summed E-state index contributed by atoms with van der Waals surface area (Å²) in [5.74, 6) is 3.10. The standard InChI is InChI=1S/C25H14N7O2/c1-13-12-16-15-5-2-6-20-30(15)32(31(16)27-13)24-19(34-20)8-7-17-23(24)29-22-18(33-17)9-10-26-21(22)14-4-3-11-28(32)25(14)29/h2-12H,1H3/q+3. The molecule has 0 amide bonds. The topological polar surface area (TPSA) is 61.9 Å². The van der Waals surface area contributed by atoms with Gasteiger partial charge in [0.05, 0.1) is 11.8 Å². The Morgan fingerprint density at radius 1 is 0.971 bits per heavy atom. The van der Waals surface area contributed by atoms with Crippen molar-refractivity contribution >= 4 is 27.8 Å². The van der Waals surface area contributed by atoms with Crippen molar-refractivity contribution in [2.45, 2.75) is 6.92 Å². The zero-order valence-corrected chi connectivity index (χ0v) is 17.8. The van der Waals surface area contributed by atoms with Crippen LogP contribution in [-0.4, -0.2) is 19.4 Å². The van der Waals surface area contributed by atoms with Crippen molar-refractivity contribution in [2.75, 3.05) is 0 Å². The molecular weight excluding hydrogens is 430 g/mol. The first-order valence-electron chi connectivity index (χ1n) is 11.2. The van der Waals surface area contributed by atoms with Crippen LogP contribution in [0.2, 0.25) is 0 Å². The smallest absolute Gasteiger partial charge is 0.438 e. The molecule has 10 rings (SSSR count). The molecule has 158 valence electrons. The maximum Gasteiger partial charge on any atom is 0.438 e. The van der Waals surface area contributed by atoms with Crippen molar-refractivity contribution in [1.29, 1.82) is 0 Å². The highest BCUT2D eigenvalue weighted by atomic mass is 16.5. The van der Waals surface area contributed by atoms with Gasteiger partial charge in [0.25, 0.3) is 5.69 Å². The summed E-state index contributed by atoms with van der Waals surface area (Å²) in [7, 11) is 0. The first kappa shape index (κ1) is 15.9. The fourth-order valence-corrected chi connectivity index (χ4v) is 6.31. The van der Waals surface area contributed by atoms with Gasteiger partial charge in [-0.3, -0.25) is 4.98 Å². The van der Waals surface area contributed by atoms with Crippen LogP contribution in [0.5, 0.6) is 23.1 Å². The van der Waals surface area contributed by atoms with Crippen LogP contribution in [0.1, 0.15) is 5.69 Å². The maximum atomic E-state index is 6.52. The highest BCUT2D eigenvalue weighted by Crippen LogP contribution is 2.56. The molecule has 0 radical (unpaired) electrons. The Hall–Kier alpha value is -4.76. The first-order chi connectivity index (χ1) is 16.8. The first-order valence-corrected chi connectivity index (χ1v) is 11.2. The lowest BCUT2D eigenvalue weighted by Gasteiger charge is -2.31. The molecule has 1 aromatic carbocycles. The number of benzene rings is 1. The van der Waals surface area contributed by atoms with E-state index in [4.69, 9.17) is 19.6 Å². The van der Waals surface area contributed by atoms with Gasteiger partial charge in [-0.1, -0.05) is 0 Å². The summed E-state index contributed by atoms with van der Waals surface area (Å²) in [5, 5.41) is 6.09. The van der Waals surface area contributed by atoms with Crippen molar-refractivity contribution in [3.05, 3.63) is 72.7 Å². The van der Waals surface area contributed by atoms with Gasteiger partial charge in [0.2, 0.25) is 21.8 Å². The number of pyridine rings is 3. The van der Waals surface area contributed by atoms with Crippen LogP contribution in [0.3, 0.4) is 0 Å². The lowest BCUT2D eigenvalue weighted by atomic mass is 10.1. The van der Waals surface area contributed by atoms with E-state index >= 15 is 0 Å². The van der Waals surface area contributed by atoms with Gasteiger partial charge in [0.15, 0.2) is 17.7 Å². The van der Waals surface area contributed by atoms with Crippen molar-refractivity contribution in [1.82, 2.24) is 24.3 Å². The molecular formula is C25H14N7O2+3. The van der Waals surface area contributed by atoms with Crippen molar-refractivity contribution in [3.8, 4) is 40.2 Å². The predicted octanol–water partition coefficient (Wildman–Crippen LogP) is 3.46. The number of hydrogen-bond acceptors (Lipinski definition) is 4. The molecule has 9 heterocycles. The fraction of sp³-hybridized carbons (Fsp3) is 0.0400.